The van der Waals surface area contributed by atoms with Gasteiger partial charge < -0.3 is 5.32 Å². The maximum atomic E-state index is 13.7. The predicted octanol–water partition coefficient (Wildman–Crippen LogP) is 4.41. The molecule has 2 atom stereocenters. The van der Waals surface area contributed by atoms with Crippen molar-refractivity contribution in [3.63, 3.8) is 0 Å². The molecule has 1 aliphatic heterocycles. The van der Waals surface area contributed by atoms with Crippen LogP contribution in [0.15, 0.2) is 21.6 Å². The van der Waals surface area contributed by atoms with Crippen LogP contribution in [0.1, 0.15) is 20.3 Å². The summed E-state index contributed by atoms with van der Waals surface area (Å²) in [6.07, 6.45) is 0.973. The van der Waals surface area contributed by atoms with Crippen molar-refractivity contribution < 1.29 is 8.78 Å². The fourth-order valence-electron chi connectivity index (χ4n) is 1.83. The molecule has 1 aromatic carbocycles. The molecule has 0 bridgehead atoms. The van der Waals surface area contributed by atoms with E-state index in [9.17, 15) is 8.78 Å². The Labute approximate surface area is 117 Å². The minimum atomic E-state index is -0.629. The van der Waals surface area contributed by atoms with Crippen molar-refractivity contribution in [1.82, 2.24) is 0 Å². The van der Waals surface area contributed by atoms with Gasteiger partial charge >= 0.3 is 0 Å². The highest BCUT2D eigenvalue weighted by atomic mass is 79.9. The van der Waals surface area contributed by atoms with Gasteiger partial charge in [-0.1, -0.05) is 34.6 Å². The predicted molar refractivity (Wildman–Crippen MR) is 76.2 cm³/mol. The first-order valence-electron chi connectivity index (χ1n) is 5.61. The van der Waals surface area contributed by atoms with Gasteiger partial charge in [0.05, 0.1) is 6.04 Å². The molecular weight excluding hydrogens is 322 g/mol. The zero-order valence-electron chi connectivity index (χ0n) is 10.0. The molecule has 2 rings (SSSR count). The zero-order chi connectivity index (χ0) is 13.3. The first-order valence-corrected chi connectivity index (χ1v) is 7.29. The van der Waals surface area contributed by atoms with Crippen molar-refractivity contribution in [1.29, 1.82) is 0 Å². The van der Waals surface area contributed by atoms with Crippen LogP contribution in [-0.2, 0) is 0 Å². The molecule has 2 nitrogen and oxygen atoms in total. The maximum Gasteiger partial charge on any atom is 0.161 e. The van der Waals surface area contributed by atoms with E-state index in [1.54, 1.807) is 0 Å². The number of halogens is 3. The molecule has 0 aromatic heterocycles. The van der Waals surface area contributed by atoms with Gasteiger partial charge in [0.15, 0.2) is 16.8 Å². The molecule has 0 aliphatic carbocycles. The average Bonchev–Trinajstić information content (AvgIpc) is 2.22. The lowest BCUT2D eigenvalue weighted by Gasteiger charge is -2.23. The highest BCUT2D eigenvalue weighted by Gasteiger charge is 2.20. The molecule has 1 heterocycles. The Bertz CT molecular complexity index is 470. The molecule has 1 aliphatic rings. The largest absolute Gasteiger partial charge is 0.330 e. The first kappa shape index (κ1) is 13.8. The molecule has 2 unspecified atom stereocenters. The fourth-order valence-corrected chi connectivity index (χ4v) is 3.39. The van der Waals surface area contributed by atoms with Crippen LogP contribution in [0.25, 0.3) is 0 Å². The van der Waals surface area contributed by atoms with Crippen LogP contribution in [0.3, 0.4) is 0 Å². The quantitative estimate of drug-likeness (QED) is 0.822. The van der Waals surface area contributed by atoms with Crippen LogP contribution >= 0.6 is 27.7 Å². The third-order valence-corrected chi connectivity index (χ3v) is 4.05. The number of amidine groups is 1. The Kier molecular flexibility index (Phi) is 4.27. The van der Waals surface area contributed by atoms with Gasteiger partial charge in [-0.3, -0.25) is 4.99 Å². The Balaban J connectivity index is 2.24. The molecule has 98 valence electrons. The van der Waals surface area contributed by atoms with Gasteiger partial charge in [-0.15, -0.1) is 0 Å². The topological polar surface area (TPSA) is 24.4 Å². The lowest BCUT2D eigenvalue weighted by atomic mass is 10.2. The lowest BCUT2D eigenvalue weighted by Crippen LogP contribution is -2.23. The second kappa shape index (κ2) is 5.57. The number of aliphatic imine (C=N–C) groups is 1. The number of hydrogen-bond donors (Lipinski definition) is 1. The van der Waals surface area contributed by atoms with Gasteiger partial charge in [0.25, 0.3) is 0 Å². The van der Waals surface area contributed by atoms with E-state index in [2.05, 4.69) is 33.2 Å². The highest BCUT2D eigenvalue weighted by molar-refractivity contribution is 9.10. The molecule has 0 spiro atoms. The third-order valence-electron chi connectivity index (χ3n) is 2.56. The lowest BCUT2D eigenvalue weighted by molar-refractivity contribution is 0.589. The Morgan fingerprint density at radius 1 is 1.33 bits per heavy atom. The molecular formula is C12H13BrF2N2S. The SMILES string of the molecule is CC1CC(C)SC(Nc2c(F)cc(Br)cc2F)=N1. The number of thioether (sulfide) groups is 1. The van der Waals surface area contributed by atoms with Crippen LogP contribution in [0.4, 0.5) is 14.5 Å². The average molecular weight is 335 g/mol. The van der Waals surface area contributed by atoms with Crippen LogP contribution in [-0.4, -0.2) is 16.5 Å². The molecule has 6 heteroatoms. The second-order valence-corrected chi connectivity index (χ2v) is 6.66. The van der Waals surface area contributed by atoms with Gasteiger partial charge in [-0.05, 0) is 25.5 Å². The molecule has 0 amide bonds. The van der Waals surface area contributed by atoms with Crippen molar-refractivity contribution >= 4 is 38.5 Å². The Morgan fingerprint density at radius 2 is 1.94 bits per heavy atom. The van der Waals surface area contributed by atoms with E-state index in [-0.39, 0.29) is 11.7 Å². The molecule has 0 fully saturated rings. The van der Waals surface area contributed by atoms with Crippen LogP contribution < -0.4 is 5.32 Å². The van der Waals surface area contributed by atoms with E-state index in [1.807, 2.05) is 6.92 Å². The van der Waals surface area contributed by atoms with Gasteiger partial charge in [0.1, 0.15) is 5.69 Å². The molecule has 0 saturated carbocycles. The van der Waals surface area contributed by atoms with E-state index in [4.69, 9.17) is 0 Å². The van der Waals surface area contributed by atoms with Crippen LogP contribution in [0.5, 0.6) is 0 Å². The van der Waals surface area contributed by atoms with Crippen LogP contribution in [0, 0.1) is 11.6 Å². The van der Waals surface area contributed by atoms with Crippen molar-refractivity contribution in [2.75, 3.05) is 5.32 Å². The zero-order valence-corrected chi connectivity index (χ0v) is 12.4. The Hall–Kier alpha value is -0.620. The van der Waals surface area contributed by atoms with Gasteiger partial charge in [-0.25, -0.2) is 8.78 Å². The van der Waals surface area contributed by atoms with Gasteiger partial charge in [0.2, 0.25) is 0 Å². The van der Waals surface area contributed by atoms with Crippen molar-refractivity contribution in [2.24, 2.45) is 4.99 Å². The van der Waals surface area contributed by atoms with E-state index in [0.29, 0.717) is 14.9 Å². The first-order chi connectivity index (χ1) is 8.45. The number of nitrogens with one attached hydrogen (secondary N) is 1. The maximum absolute atomic E-state index is 13.7. The Morgan fingerprint density at radius 3 is 2.50 bits per heavy atom. The number of hydrogen-bond acceptors (Lipinski definition) is 3. The summed E-state index contributed by atoms with van der Waals surface area (Å²) in [6, 6.07) is 2.63. The van der Waals surface area contributed by atoms with E-state index in [1.165, 1.54) is 23.9 Å². The molecule has 1 N–H and O–H groups in total. The monoisotopic (exact) mass is 334 g/mol. The summed E-state index contributed by atoms with van der Waals surface area (Å²) in [5.74, 6) is -1.26. The standard InChI is InChI=1S/C12H13BrF2N2S/c1-6-3-7(2)18-12(16-6)17-11-9(14)4-8(13)5-10(11)15/h4-7H,3H2,1-2H3,(H,16,17). The summed E-state index contributed by atoms with van der Waals surface area (Å²) in [6.45, 7) is 4.07. The number of benzene rings is 1. The van der Waals surface area contributed by atoms with Crippen molar-refractivity contribution in [3.05, 3.63) is 28.2 Å². The smallest absolute Gasteiger partial charge is 0.161 e. The third kappa shape index (κ3) is 3.23. The summed E-state index contributed by atoms with van der Waals surface area (Å²) in [5.41, 5.74) is -0.147. The summed E-state index contributed by atoms with van der Waals surface area (Å²) in [7, 11) is 0. The molecule has 18 heavy (non-hydrogen) atoms. The van der Waals surface area contributed by atoms with Gasteiger partial charge in [0, 0.05) is 9.72 Å². The van der Waals surface area contributed by atoms with Gasteiger partial charge in [-0.2, -0.15) is 0 Å². The summed E-state index contributed by atoms with van der Waals surface area (Å²) < 4.78 is 27.7. The fraction of sp³-hybridized carbons (Fsp3) is 0.417. The number of nitrogens with zero attached hydrogens (tertiary/aromatic N) is 1. The number of anilines is 1. The summed E-state index contributed by atoms with van der Waals surface area (Å²) >= 11 is 4.55. The van der Waals surface area contributed by atoms with E-state index < -0.39 is 11.6 Å². The summed E-state index contributed by atoms with van der Waals surface area (Å²) in [4.78, 5) is 4.36. The van der Waals surface area contributed by atoms with Crippen molar-refractivity contribution in [2.45, 2.75) is 31.6 Å². The minimum Gasteiger partial charge on any atom is -0.330 e. The van der Waals surface area contributed by atoms with E-state index >= 15 is 0 Å². The minimum absolute atomic E-state index is 0.147. The second-order valence-electron chi connectivity index (χ2n) is 4.32. The summed E-state index contributed by atoms with van der Waals surface area (Å²) in [5, 5.41) is 3.71. The molecule has 0 saturated heterocycles. The van der Waals surface area contributed by atoms with Crippen molar-refractivity contribution in [3.8, 4) is 0 Å². The normalized spacial score (nSPS) is 23.7. The van der Waals surface area contributed by atoms with E-state index in [0.717, 1.165) is 6.42 Å². The van der Waals surface area contributed by atoms with Crippen LogP contribution in [0.2, 0.25) is 0 Å². The molecule has 1 aromatic rings. The molecule has 0 radical (unpaired) electrons. The number of rotatable bonds is 1. The highest BCUT2D eigenvalue weighted by Crippen LogP contribution is 2.29.